The molecule has 0 radical (unpaired) electrons. The molecule has 20 heavy (non-hydrogen) atoms. The molecule has 0 aliphatic rings. The van der Waals surface area contributed by atoms with E-state index in [1.807, 2.05) is 13.0 Å². The molecule has 0 saturated carbocycles. The van der Waals surface area contributed by atoms with Gasteiger partial charge in [0.25, 0.3) is 0 Å². The van der Waals surface area contributed by atoms with Crippen LogP contribution >= 0.6 is 0 Å². The van der Waals surface area contributed by atoms with Crippen LogP contribution in [0, 0.1) is 6.92 Å². The Morgan fingerprint density at radius 2 is 1.85 bits per heavy atom. The first-order valence-corrected chi connectivity index (χ1v) is 6.47. The number of nitrogens with zero attached hydrogens (tertiary/aromatic N) is 3. The maximum atomic E-state index is 6.02. The number of rotatable bonds is 2. The van der Waals surface area contributed by atoms with Gasteiger partial charge in [-0.2, -0.15) is 0 Å². The number of ether oxygens (including phenoxy) is 1. The summed E-state index contributed by atoms with van der Waals surface area (Å²) >= 11 is 0. The van der Waals surface area contributed by atoms with Crippen molar-refractivity contribution < 1.29 is 4.74 Å². The predicted molar refractivity (Wildman–Crippen MR) is 79.7 cm³/mol. The van der Waals surface area contributed by atoms with E-state index >= 15 is 0 Å². The van der Waals surface area contributed by atoms with Crippen molar-refractivity contribution in [2.75, 3.05) is 12.8 Å². The Kier molecular flexibility index (Phi) is 3.61. The van der Waals surface area contributed by atoms with Gasteiger partial charge >= 0.3 is 0 Å². The summed E-state index contributed by atoms with van der Waals surface area (Å²) in [6, 6.07) is 1.90. The van der Waals surface area contributed by atoms with E-state index < -0.39 is 0 Å². The van der Waals surface area contributed by atoms with Crippen LogP contribution in [0.15, 0.2) is 18.5 Å². The van der Waals surface area contributed by atoms with Crippen LogP contribution in [0.25, 0.3) is 11.3 Å². The molecule has 2 N–H and O–H groups in total. The van der Waals surface area contributed by atoms with Gasteiger partial charge < -0.3 is 10.5 Å². The van der Waals surface area contributed by atoms with Crippen LogP contribution in [0.2, 0.25) is 0 Å². The number of methoxy groups -OCH3 is 1. The molecule has 0 atom stereocenters. The lowest BCUT2D eigenvalue weighted by Crippen LogP contribution is -2.18. The minimum atomic E-state index is -0.164. The average Bonchev–Trinajstić information content (AvgIpc) is 2.40. The van der Waals surface area contributed by atoms with E-state index in [1.165, 1.54) is 0 Å². The topological polar surface area (TPSA) is 73.9 Å². The molecule has 0 aliphatic carbocycles. The zero-order chi connectivity index (χ0) is 14.9. The standard InChI is InChI=1S/C15H20N4O/c1-9-12(10-6-11(20-5)8-17-7-10)18-14(15(2,3)4)19-13(9)16/h6-8H,1-5H3,(H2,16,18,19). The van der Waals surface area contributed by atoms with Crippen molar-refractivity contribution >= 4 is 5.82 Å². The maximum absolute atomic E-state index is 6.02. The van der Waals surface area contributed by atoms with Crippen molar-refractivity contribution in [1.29, 1.82) is 0 Å². The lowest BCUT2D eigenvalue weighted by atomic mass is 9.95. The molecule has 0 unspecified atom stereocenters. The van der Waals surface area contributed by atoms with Gasteiger partial charge in [-0.1, -0.05) is 20.8 Å². The highest BCUT2D eigenvalue weighted by Crippen LogP contribution is 2.29. The first-order chi connectivity index (χ1) is 9.32. The molecule has 2 heterocycles. The molecule has 106 valence electrons. The monoisotopic (exact) mass is 272 g/mol. The van der Waals surface area contributed by atoms with Crippen molar-refractivity contribution in [3.05, 3.63) is 29.8 Å². The minimum absolute atomic E-state index is 0.164. The maximum Gasteiger partial charge on any atom is 0.137 e. The molecule has 2 rings (SSSR count). The van der Waals surface area contributed by atoms with Crippen molar-refractivity contribution in [1.82, 2.24) is 15.0 Å². The molecule has 2 aromatic heterocycles. The fourth-order valence-electron chi connectivity index (χ4n) is 1.81. The molecule has 2 aromatic rings. The fourth-order valence-corrected chi connectivity index (χ4v) is 1.81. The van der Waals surface area contributed by atoms with Gasteiger partial charge in [0, 0.05) is 22.7 Å². The van der Waals surface area contributed by atoms with Gasteiger partial charge in [0.05, 0.1) is 19.0 Å². The third-order valence-electron chi connectivity index (χ3n) is 3.08. The summed E-state index contributed by atoms with van der Waals surface area (Å²) in [6.45, 7) is 8.09. The van der Waals surface area contributed by atoms with Crippen molar-refractivity contribution in [3.63, 3.8) is 0 Å². The van der Waals surface area contributed by atoms with Gasteiger partial charge in [-0.05, 0) is 13.0 Å². The summed E-state index contributed by atoms with van der Waals surface area (Å²) in [5, 5.41) is 0. The number of nitrogens with two attached hydrogens (primary N) is 1. The Hall–Kier alpha value is -2.17. The van der Waals surface area contributed by atoms with Gasteiger partial charge in [-0.3, -0.25) is 4.98 Å². The second kappa shape index (κ2) is 5.07. The van der Waals surface area contributed by atoms with E-state index in [9.17, 15) is 0 Å². The second-order valence-corrected chi connectivity index (χ2v) is 5.77. The molecule has 0 bridgehead atoms. The Morgan fingerprint density at radius 3 is 2.45 bits per heavy atom. The number of anilines is 1. The molecule has 5 heteroatoms. The van der Waals surface area contributed by atoms with Crippen molar-refractivity contribution in [2.45, 2.75) is 33.1 Å². The molecule has 5 nitrogen and oxygen atoms in total. The average molecular weight is 272 g/mol. The van der Waals surface area contributed by atoms with Crippen LogP contribution in [0.4, 0.5) is 5.82 Å². The molecule has 0 amide bonds. The van der Waals surface area contributed by atoms with E-state index in [-0.39, 0.29) is 5.41 Å². The lowest BCUT2D eigenvalue weighted by molar-refractivity contribution is 0.413. The zero-order valence-corrected chi connectivity index (χ0v) is 12.6. The fraction of sp³-hybridized carbons (Fsp3) is 0.400. The highest BCUT2D eigenvalue weighted by molar-refractivity contribution is 5.67. The first kappa shape index (κ1) is 14.2. The SMILES string of the molecule is COc1cncc(-c2nc(C(C)(C)C)nc(N)c2C)c1. The molecular formula is C15H20N4O. The highest BCUT2D eigenvalue weighted by Gasteiger charge is 2.21. The molecule has 0 spiro atoms. The lowest BCUT2D eigenvalue weighted by Gasteiger charge is -2.19. The van der Waals surface area contributed by atoms with Crippen LogP contribution in [0.5, 0.6) is 5.75 Å². The van der Waals surface area contributed by atoms with Crippen molar-refractivity contribution in [2.24, 2.45) is 0 Å². The summed E-state index contributed by atoms with van der Waals surface area (Å²) in [4.78, 5) is 13.2. The number of hydrogen-bond acceptors (Lipinski definition) is 5. The number of pyridine rings is 1. The normalized spacial score (nSPS) is 11.4. The van der Waals surface area contributed by atoms with E-state index in [0.717, 1.165) is 22.6 Å². The molecular weight excluding hydrogens is 252 g/mol. The summed E-state index contributed by atoms with van der Waals surface area (Å²) < 4.78 is 5.21. The van der Waals surface area contributed by atoms with Gasteiger partial charge in [-0.15, -0.1) is 0 Å². The summed E-state index contributed by atoms with van der Waals surface area (Å²) in [7, 11) is 1.61. The van der Waals surface area contributed by atoms with E-state index in [2.05, 4.69) is 35.7 Å². The quantitative estimate of drug-likeness (QED) is 0.909. The summed E-state index contributed by atoms with van der Waals surface area (Å²) in [6.07, 6.45) is 3.41. The van der Waals surface area contributed by atoms with E-state index in [4.69, 9.17) is 10.5 Å². The number of nitrogen functional groups attached to an aromatic ring is 1. The minimum Gasteiger partial charge on any atom is -0.495 e. The van der Waals surface area contributed by atoms with Gasteiger partial charge in [0.1, 0.15) is 17.4 Å². The largest absolute Gasteiger partial charge is 0.495 e. The molecule has 0 aliphatic heterocycles. The zero-order valence-electron chi connectivity index (χ0n) is 12.6. The van der Waals surface area contributed by atoms with E-state index in [1.54, 1.807) is 19.5 Å². The number of aromatic nitrogens is 3. The smallest absolute Gasteiger partial charge is 0.137 e. The third-order valence-corrected chi connectivity index (χ3v) is 3.08. The van der Waals surface area contributed by atoms with Crippen LogP contribution in [0.1, 0.15) is 32.2 Å². The van der Waals surface area contributed by atoms with Crippen LogP contribution < -0.4 is 10.5 Å². The van der Waals surface area contributed by atoms with Gasteiger partial charge in [0.2, 0.25) is 0 Å². The highest BCUT2D eigenvalue weighted by atomic mass is 16.5. The first-order valence-electron chi connectivity index (χ1n) is 6.47. The van der Waals surface area contributed by atoms with Gasteiger partial charge in [0.15, 0.2) is 0 Å². The Labute approximate surface area is 119 Å². The van der Waals surface area contributed by atoms with Gasteiger partial charge in [-0.25, -0.2) is 9.97 Å². The number of hydrogen-bond donors (Lipinski definition) is 1. The van der Waals surface area contributed by atoms with Crippen LogP contribution in [-0.4, -0.2) is 22.1 Å². The molecule has 0 aromatic carbocycles. The van der Waals surface area contributed by atoms with Crippen LogP contribution in [0.3, 0.4) is 0 Å². The van der Waals surface area contributed by atoms with Crippen molar-refractivity contribution in [3.8, 4) is 17.0 Å². The second-order valence-electron chi connectivity index (χ2n) is 5.77. The predicted octanol–water partition coefficient (Wildman–Crippen LogP) is 2.74. The third kappa shape index (κ3) is 2.71. The van der Waals surface area contributed by atoms with E-state index in [0.29, 0.717) is 11.6 Å². The Balaban J connectivity index is 2.63. The molecule has 0 saturated heterocycles. The summed E-state index contributed by atoms with van der Waals surface area (Å²) in [5.74, 6) is 1.91. The Morgan fingerprint density at radius 1 is 1.15 bits per heavy atom. The van der Waals surface area contributed by atoms with Crippen LogP contribution in [-0.2, 0) is 5.41 Å². The molecule has 0 fully saturated rings. The summed E-state index contributed by atoms with van der Waals surface area (Å²) in [5.41, 5.74) is 8.39. The Bertz CT molecular complexity index is 632.